The molecule has 1 rings (SSSR count). The van der Waals surface area contributed by atoms with Crippen LogP contribution < -0.4 is 16.4 Å². The van der Waals surface area contributed by atoms with Crippen molar-refractivity contribution in [3.63, 3.8) is 0 Å². The molecular formula is C13H19FN4O2. The predicted molar refractivity (Wildman–Crippen MR) is 73.4 cm³/mol. The number of rotatable bonds is 6. The van der Waals surface area contributed by atoms with E-state index in [1.54, 1.807) is 0 Å². The van der Waals surface area contributed by atoms with Crippen LogP contribution in [0.2, 0.25) is 0 Å². The van der Waals surface area contributed by atoms with Crippen molar-refractivity contribution >= 4 is 17.6 Å². The Hall–Kier alpha value is -2.18. The largest absolute Gasteiger partial charge is 0.381 e. The molecule has 0 radical (unpaired) electrons. The fourth-order valence-corrected chi connectivity index (χ4v) is 1.43. The van der Waals surface area contributed by atoms with Crippen molar-refractivity contribution in [1.29, 1.82) is 0 Å². The molecule has 2 amide bonds. The molecule has 110 valence electrons. The highest BCUT2D eigenvalue weighted by Crippen LogP contribution is 2.11. The fraction of sp³-hybridized carbons (Fsp3) is 0.462. The molecular weight excluding hydrogens is 263 g/mol. The van der Waals surface area contributed by atoms with Crippen LogP contribution in [0, 0.1) is 11.7 Å². The van der Waals surface area contributed by atoms with E-state index < -0.39 is 11.7 Å². The molecule has 0 spiro atoms. The number of carbonyl (C=O) groups is 2. The van der Waals surface area contributed by atoms with E-state index in [1.165, 1.54) is 12.3 Å². The van der Waals surface area contributed by atoms with Gasteiger partial charge >= 0.3 is 0 Å². The van der Waals surface area contributed by atoms with Gasteiger partial charge in [0.25, 0.3) is 5.91 Å². The number of pyridine rings is 1. The first-order valence-electron chi connectivity index (χ1n) is 6.36. The van der Waals surface area contributed by atoms with Crippen LogP contribution in [-0.4, -0.2) is 29.9 Å². The zero-order valence-electron chi connectivity index (χ0n) is 11.6. The molecule has 0 unspecified atom stereocenters. The summed E-state index contributed by atoms with van der Waals surface area (Å²) in [5, 5.41) is 5.18. The Morgan fingerprint density at radius 2 is 2.10 bits per heavy atom. The van der Waals surface area contributed by atoms with Gasteiger partial charge in [-0.15, -0.1) is 0 Å². The van der Waals surface area contributed by atoms with Gasteiger partial charge < -0.3 is 16.4 Å². The Labute approximate surface area is 116 Å². The van der Waals surface area contributed by atoms with Gasteiger partial charge in [0.1, 0.15) is 0 Å². The maximum atomic E-state index is 13.5. The predicted octanol–water partition coefficient (Wildman–Crippen LogP) is 0.695. The van der Waals surface area contributed by atoms with Crippen LogP contribution in [0.5, 0.6) is 0 Å². The zero-order valence-corrected chi connectivity index (χ0v) is 11.6. The molecule has 7 heteroatoms. The lowest BCUT2D eigenvalue weighted by molar-refractivity contribution is -0.121. The number of aromatic nitrogens is 1. The topological polar surface area (TPSA) is 97.1 Å². The summed E-state index contributed by atoms with van der Waals surface area (Å²) in [4.78, 5) is 26.6. The molecule has 0 bridgehead atoms. The van der Waals surface area contributed by atoms with Crippen LogP contribution in [0.25, 0.3) is 0 Å². The third kappa shape index (κ3) is 4.83. The van der Waals surface area contributed by atoms with Gasteiger partial charge in [-0.05, 0) is 12.0 Å². The average Bonchev–Trinajstić information content (AvgIpc) is 2.39. The average molecular weight is 282 g/mol. The number of nitrogens with zero attached hydrogens (tertiary/aromatic N) is 1. The number of nitrogens with one attached hydrogen (secondary N) is 2. The van der Waals surface area contributed by atoms with Crippen molar-refractivity contribution < 1.29 is 14.0 Å². The van der Waals surface area contributed by atoms with E-state index in [9.17, 15) is 14.0 Å². The highest BCUT2D eigenvalue weighted by Gasteiger charge is 2.14. The molecule has 0 aromatic carbocycles. The number of nitrogens with two attached hydrogens (primary N) is 1. The summed E-state index contributed by atoms with van der Waals surface area (Å²) in [7, 11) is 0. The second-order valence-electron chi connectivity index (χ2n) is 4.76. The molecule has 0 aliphatic rings. The standard InChI is InChI=1S/C13H19FN4O2/c1-8(2)7-18-10(19)4-6-17-13(20)9-3-5-16-12(15)11(9)14/h3,5,8H,4,6-7H2,1-2H3,(H2,15,16)(H,17,20)(H,18,19). The second kappa shape index (κ2) is 7.42. The first-order valence-corrected chi connectivity index (χ1v) is 6.36. The Kier molecular flexibility index (Phi) is 5.89. The lowest BCUT2D eigenvalue weighted by Gasteiger charge is -2.09. The number of hydrogen-bond donors (Lipinski definition) is 3. The van der Waals surface area contributed by atoms with E-state index in [2.05, 4.69) is 15.6 Å². The number of nitrogen functional groups attached to an aromatic ring is 1. The van der Waals surface area contributed by atoms with Crippen LogP contribution in [0.15, 0.2) is 12.3 Å². The van der Waals surface area contributed by atoms with Crippen LogP contribution in [0.4, 0.5) is 10.2 Å². The van der Waals surface area contributed by atoms with Crippen molar-refractivity contribution in [2.75, 3.05) is 18.8 Å². The van der Waals surface area contributed by atoms with Gasteiger partial charge in [-0.3, -0.25) is 9.59 Å². The van der Waals surface area contributed by atoms with Crippen molar-refractivity contribution in [2.24, 2.45) is 5.92 Å². The minimum absolute atomic E-state index is 0.129. The molecule has 4 N–H and O–H groups in total. The molecule has 20 heavy (non-hydrogen) atoms. The molecule has 0 atom stereocenters. The number of hydrogen-bond acceptors (Lipinski definition) is 4. The summed E-state index contributed by atoms with van der Waals surface area (Å²) in [6.07, 6.45) is 1.39. The smallest absolute Gasteiger partial charge is 0.254 e. The summed E-state index contributed by atoms with van der Waals surface area (Å²) in [5.74, 6) is -1.59. The van der Waals surface area contributed by atoms with E-state index >= 15 is 0 Å². The van der Waals surface area contributed by atoms with Gasteiger partial charge in [0, 0.05) is 25.7 Å². The van der Waals surface area contributed by atoms with Crippen molar-refractivity contribution in [2.45, 2.75) is 20.3 Å². The zero-order chi connectivity index (χ0) is 15.1. The minimum atomic E-state index is -0.853. The van der Waals surface area contributed by atoms with Crippen molar-refractivity contribution in [3.8, 4) is 0 Å². The van der Waals surface area contributed by atoms with Gasteiger partial charge in [0.05, 0.1) is 5.56 Å². The van der Waals surface area contributed by atoms with Gasteiger partial charge in [-0.2, -0.15) is 0 Å². The molecule has 0 fully saturated rings. The lowest BCUT2D eigenvalue weighted by atomic mass is 10.2. The highest BCUT2D eigenvalue weighted by atomic mass is 19.1. The molecule has 1 aromatic rings. The molecule has 1 heterocycles. The first-order chi connectivity index (χ1) is 9.41. The van der Waals surface area contributed by atoms with E-state index in [0.29, 0.717) is 12.5 Å². The summed E-state index contributed by atoms with van der Waals surface area (Å²) in [5.41, 5.74) is 5.09. The number of amides is 2. The first kappa shape index (κ1) is 15.9. The van der Waals surface area contributed by atoms with E-state index in [0.717, 1.165) is 0 Å². The van der Waals surface area contributed by atoms with Gasteiger partial charge in [0.2, 0.25) is 5.91 Å². The SMILES string of the molecule is CC(C)CNC(=O)CCNC(=O)c1ccnc(N)c1F. The van der Waals surface area contributed by atoms with Crippen LogP contribution in [0.1, 0.15) is 30.6 Å². The third-order valence-electron chi connectivity index (χ3n) is 2.51. The summed E-state index contributed by atoms with van der Waals surface area (Å²) in [6, 6.07) is 1.24. The fourth-order valence-electron chi connectivity index (χ4n) is 1.43. The van der Waals surface area contributed by atoms with Crippen molar-refractivity contribution in [3.05, 3.63) is 23.6 Å². The van der Waals surface area contributed by atoms with Crippen LogP contribution in [-0.2, 0) is 4.79 Å². The van der Waals surface area contributed by atoms with Crippen LogP contribution >= 0.6 is 0 Å². The van der Waals surface area contributed by atoms with E-state index in [4.69, 9.17) is 5.73 Å². The molecule has 1 aromatic heterocycles. The monoisotopic (exact) mass is 282 g/mol. The Balaban J connectivity index is 2.40. The molecule has 0 saturated carbocycles. The quantitative estimate of drug-likeness (QED) is 0.715. The van der Waals surface area contributed by atoms with Gasteiger partial charge in [0.15, 0.2) is 11.6 Å². The molecule has 0 aliphatic heterocycles. The maximum absolute atomic E-state index is 13.5. The van der Waals surface area contributed by atoms with E-state index in [1.807, 2.05) is 13.8 Å². The molecule has 6 nitrogen and oxygen atoms in total. The lowest BCUT2D eigenvalue weighted by Crippen LogP contribution is -2.32. The highest BCUT2D eigenvalue weighted by molar-refractivity contribution is 5.95. The number of halogens is 1. The summed E-state index contributed by atoms with van der Waals surface area (Å²) in [6.45, 7) is 4.68. The Bertz CT molecular complexity index is 491. The van der Waals surface area contributed by atoms with Gasteiger partial charge in [-0.25, -0.2) is 9.37 Å². The van der Waals surface area contributed by atoms with Crippen molar-refractivity contribution in [1.82, 2.24) is 15.6 Å². The Morgan fingerprint density at radius 1 is 1.40 bits per heavy atom. The summed E-state index contributed by atoms with van der Waals surface area (Å²) >= 11 is 0. The Morgan fingerprint density at radius 3 is 2.75 bits per heavy atom. The van der Waals surface area contributed by atoms with E-state index in [-0.39, 0.29) is 30.3 Å². The normalized spacial score (nSPS) is 10.4. The van der Waals surface area contributed by atoms with Crippen LogP contribution in [0.3, 0.4) is 0 Å². The molecule has 0 aliphatic carbocycles. The number of carbonyl (C=O) groups excluding carboxylic acids is 2. The van der Waals surface area contributed by atoms with Gasteiger partial charge in [-0.1, -0.05) is 13.8 Å². The molecule has 0 saturated heterocycles. The summed E-state index contributed by atoms with van der Waals surface area (Å²) < 4.78 is 13.5. The second-order valence-corrected chi connectivity index (χ2v) is 4.76. The third-order valence-corrected chi connectivity index (χ3v) is 2.51. The minimum Gasteiger partial charge on any atom is -0.381 e. The number of anilines is 1. The maximum Gasteiger partial charge on any atom is 0.254 e.